The highest BCUT2D eigenvalue weighted by molar-refractivity contribution is 6.30. The maximum Gasteiger partial charge on any atom is 0.433 e. The van der Waals surface area contributed by atoms with Crippen molar-refractivity contribution in [1.29, 1.82) is 0 Å². The molecule has 10 heteroatoms. The molecule has 2 rings (SSSR count). The summed E-state index contributed by atoms with van der Waals surface area (Å²) < 4.78 is 39.0. The van der Waals surface area contributed by atoms with E-state index < -0.39 is 17.9 Å². The molecular formula is C14H14ClF3N4O2. The van der Waals surface area contributed by atoms with Gasteiger partial charge in [-0.1, -0.05) is 11.6 Å². The van der Waals surface area contributed by atoms with E-state index in [1.165, 1.54) is 18.2 Å². The molecule has 24 heavy (non-hydrogen) atoms. The lowest BCUT2D eigenvalue weighted by Crippen LogP contribution is -2.22. The van der Waals surface area contributed by atoms with Gasteiger partial charge in [0.1, 0.15) is 11.6 Å². The van der Waals surface area contributed by atoms with E-state index in [2.05, 4.69) is 20.6 Å². The summed E-state index contributed by atoms with van der Waals surface area (Å²) in [5.74, 6) is -0.706. The number of hydrogen-bond donors (Lipinski definition) is 4. The van der Waals surface area contributed by atoms with Crippen LogP contribution in [-0.2, 0) is 6.18 Å². The summed E-state index contributed by atoms with van der Waals surface area (Å²) in [4.78, 5) is 7.29. The number of phenolic OH excluding ortho intramolecular Hbond substituents is 1. The van der Waals surface area contributed by atoms with Crippen LogP contribution in [0, 0.1) is 0 Å². The van der Waals surface area contributed by atoms with Crippen LogP contribution in [0.15, 0.2) is 24.3 Å². The molecule has 1 aromatic carbocycles. The highest BCUT2D eigenvalue weighted by atomic mass is 35.5. The first-order chi connectivity index (χ1) is 11.2. The highest BCUT2D eigenvalue weighted by Crippen LogP contribution is 2.33. The van der Waals surface area contributed by atoms with Gasteiger partial charge in [-0.3, -0.25) is 0 Å². The van der Waals surface area contributed by atoms with Gasteiger partial charge in [-0.15, -0.1) is 0 Å². The summed E-state index contributed by atoms with van der Waals surface area (Å²) in [6, 6.07) is 4.23. The minimum absolute atomic E-state index is 0.0930. The van der Waals surface area contributed by atoms with Gasteiger partial charge in [-0.2, -0.15) is 18.2 Å². The van der Waals surface area contributed by atoms with Gasteiger partial charge in [-0.05, 0) is 25.1 Å². The Morgan fingerprint density at radius 1 is 1.25 bits per heavy atom. The van der Waals surface area contributed by atoms with E-state index in [0.29, 0.717) is 6.07 Å². The standard InChI is InChI=1S/C14H14ClF3N4O2/c1-7(6-23)19-13-21-11(14(16,17)18)5-12(22-13)20-9-4-8(15)2-3-10(9)24/h2-5,7,23-24H,6H2,1H3,(H2,19,20,21,22)/t7-/m0/s1. The lowest BCUT2D eigenvalue weighted by atomic mass is 10.3. The summed E-state index contributed by atoms with van der Waals surface area (Å²) in [5.41, 5.74) is -1.08. The predicted octanol–water partition coefficient (Wildman–Crippen LogP) is 3.39. The Balaban J connectivity index is 2.40. The van der Waals surface area contributed by atoms with Crippen molar-refractivity contribution in [1.82, 2.24) is 9.97 Å². The van der Waals surface area contributed by atoms with Gasteiger partial charge in [0.2, 0.25) is 5.95 Å². The molecule has 0 aliphatic rings. The van der Waals surface area contributed by atoms with E-state index >= 15 is 0 Å². The van der Waals surface area contributed by atoms with E-state index in [-0.39, 0.29) is 34.8 Å². The quantitative estimate of drug-likeness (QED) is 0.610. The number of anilines is 3. The van der Waals surface area contributed by atoms with Crippen molar-refractivity contribution in [2.24, 2.45) is 0 Å². The molecule has 1 aromatic heterocycles. The Kier molecular flexibility index (Phi) is 5.35. The van der Waals surface area contributed by atoms with Crippen LogP contribution in [0.25, 0.3) is 0 Å². The zero-order valence-electron chi connectivity index (χ0n) is 12.4. The van der Waals surface area contributed by atoms with Gasteiger partial charge >= 0.3 is 6.18 Å². The smallest absolute Gasteiger partial charge is 0.433 e. The molecule has 0 saturated heterocycles. The maximum atomic E-state index is 13.0. The SMILES string of the molecule is C[C@@H](CO)Nc1nc(Nc2cc(Cl)ccc2O)cc(C(F)(F)F)n1. The average molecular weight is 363 g/mol. The summed E-state index contributed by atoms with van der Waals surface area (Å²) in [6.07, 6.45) is -4.69. The molecule has 0 aliphatic carbocycles. The van der Waals surface area contributed by atoms with Crippen molar-refractivity contribution < 1.29 is 23.4 Å². The molecule has 0 unspecified atom stereocenters. The monoisotopic (exact) mass is 362 g/mol. The third-order valence-electron chi connectivity index (χ3n) is 2.89. The van der Waals surface area contributed by atoms with Crippen molar-refractivity contribution in [2.45, 2.75) is 19.1 Å². The maximum absolute atomic E-state index is 13.0. The Bertz CT molecular complexity index is 728. The fourth-order valence-electron chi connectivity index (χ4n) is 1.73. The topological polar surface area (TPSA) is 90.3 Å². The predicted molar refractivity (Wildman–Crippen MR) is 83.6 cm³/mol. The molecule has 0 fully saturated rings. The number of hydrogen-bond acceptors (Lipinski definition) is 6. The van der Waals surface area contributed by atoms with Crippen LogP contribution in [0.3, 0.4) is 0 Å². The fraction of sp³-hybridized carbons (Fsp3) is 0.286. The Labute approximate surface area is 140 Å². The normalized spacial score (nSPS) is 12.8. The van der Waals surface area contributed by atoms with Crippen LogP contribution < -0.4 is 10.6 Å². The van der Waals surface area contributed by atoms with Crippen LogP contribution >= 0.6 is 11.6 Å². The van der Waals surface area contributed by atoms with Gasteiger partial charge in [0.05, 0.1) is 12.3 Å². The van der Waals surface area contributed by atoms with Gasteiger partial charge in [0.15, 0.2) is 5.69 Å². The van der Waals surface area contributed by atoms with E-state index in [4.69, 9.17) is 16.7 Å². The summed E-state index contributed by atoms with van der Waals surface area (Å²) in [6.45, 7) is 1.25. The fourth-order valence-corrected chi connectivity index (χ4v) is 1.91. The molecule has 0 bridgehead atoms. The highest BCUT2D eigenvalue weighted by Gasteiger charge is 2.34. The average Bonchev–Trinajstić information content (AvgIpc) is 2.49. The summed E-state index contributed by atoms with van der Waals surface area (Å²) in [5, 5.41) is 24.1. The van der Waals surface area contributed by atoms with Crippen molar-refractivity contribution >= 4 is 29.1 Å². The lowest BCUT2D eigenvalue weighted by molar-refractivity contribution is -0.141. The molecular weight excluding hydrogens is 349 g/mol. The molecule has 130 valence electrons. The number of benzene rings is 1. The number of rotatable bonds is 5. The number of aliphatic hydroxyl groups is 1. The zero-order chi connectivity index (χ0) is 17.9. The van der Waals surface area contributed by atoms with E-state index in [0.717, 1.165) is 0 Å². The molecule has 4 N–H and O–H groups in total. The van der Waals surface area contributed by atoms with Crippen molar-refractivity contribution in [3.63, 3.8) is 0 Å². The Morgan fingerprint density at radius 2 is 1.96 bits per heavy atom. The summed E-state index contributed by atoms with van der Waals surface area (Å²) in [7, 11) is 0. The lowest BCUT2D eigenvalue weighted by Gasteiger charge is -2.15. The number of phenols is 1. The number of aromatic hydroxyl groups is 1. The number of nitrogens with zero attached hydrogens (tertiary/aromatic N) is 2. The largest absolute Gasteiger partial charge is 0.506 e. The minimum atomic E-state index is -4.69. The molecule has 1 heterocycles. The van der Waals surface area contributed by atoms with Crippen molar-refractivity contribution in [3.8, 4) is 5.75 Å². The summed E-state index contributed by atoms with van der Waals surface area (Å²) >= 11 is 5.80. The van der Waals surface area contributed by atoms with E-state index in [1.54, 1.807) is 6.92 Å². The van der Waals surface area contributed by atoms with Crippen LogP contribution in [-0.4, -0.2) is 32.8 Å². The first-order valence-corrected chi connectivity index (χ1v) is 7.16. The molecule has 0 amide bonds. The van der Waals surface area contributed by atoms with Crippen LogP contribution in [0.2, 0.25) is 5.02 Å². The molecule has 0 spiro atoms. The molecule has 1 atom stereocenters. The number of alkyl halides is 3. The molecule has 0 aliphatic heterocycles. The van der Waals surface area contributed by atoms with Crippen molar-refractivity contribution in [3.05, 3.63) is 35.0 Å². The Hall–Kier alpha value is -2.26. The van der Waals surface area contributed by atoms with Gasteiger partial charge in [-0.25, -0.2) is 4.98 Å². The number of aliphatic hydroxyl groups excluding tert-OH is 1. The van der Waals surface area contributed by atoms with Gasteiger partial charge in [0.25, 0.3) is 0 Å². The third-order valence-corrected chi connectivity index (χ3v) is 3.12. The molecule has 0 saturated carbocycles. The number of aromatic nitrogens is 2. The van der Waals surface area contributed by atoms with Crippen LogP contribution in [0.1, 0.15) is 12.6 Å². The Morgan fingerprint density at radius 3 is 2.58 bits per heavy atom. The molecule has 2 aromatic rings. The second kappa shape index (κ2) is 7.10. The number of halogens is 4. The molecule has 6 nitrogen and oxygen atoms in total. The minimum Gasteiger partial charge on any atom is -0.506 e. The van der Waals surface area contributed by atoms with Crippen molar-refractivity contribution in [2.75, 3.05) is 17.2 Å². The first-order valence-electron chi connectivity index (χ1n) is 6.78. The molecule has 0 radical (unpaired) electrons. The number of nitrogens with one attached hydrogen (secondary N) is 2. The van der Waals surface area contributed by atoms with Gasteiger partial charge in [0, 0.05) is 17.1 Å². The second-order valence-electron chi connectivity index (χ2n) is 4.97. The zero-order valence-corrected chi connectivity index (χ0v) is 13.2. The van der Waals surface area contributed by atoms with E-state index in [1.807, 2.05) is 0 Å². The van der Waals surface area contributed by atoms with Gasteiger partial charge < -0.3 is 20.8 Å². The first kappa shape index (κ1) is 18.1. The second-order valence-corrected chi connectivity index (χ2v) is 5.41. The van der Waals surface area contributed by atoms with Crippen LogP contribution in [0.5, 0.6) is 5.75 Å². The third kappa shape index (κ3) is 4.62. The van der Waals surface area contributed by atoms with E-state index in [9.17, 15) is 18.3 Å². The van der Waals surface area contributed by atoms with Crippen LogP contribution in [0.4, 0.5) is 30.6 Å².